The van der Waals surface area contributed by atoms with Crippen molar-refractivity contribution >= 4 is 33.3 Å². The lowest BCUT2D eigenvalue weighted by molar-refractivity contribution is 0.509. The number of aromatic nitrogens is 2. The lowest BCUT2D eigenvalue weighted by atomic mass is 9.89. The quantitative estimate of drug-likeness (QED) is 0.375. The van der Waals surface area contributed by atoms with Crippen molar-refractivity contribution in [3.63, 3.8) is 0 Å². The van der Waals surface area contributed by atoms with Crippen molar-refractivity contribution in [3.8, 4) is 5.69 Å². The van der Waals surface area contributed by atoms with Crippen LogP contribution < -0.4 is 5.56 Å². The van der Waals surface area contributed by atoms with Crippen LogP contribution in [0.5, 0.6) is 0 Å². The maximum absolute atomic E-state index is 13.4. The van der Waals surface area contributed by atoms with Gasteiger partial charge < -0.3 is 0 Å². The zero-order valence-electron chi connectivity index (χ0n) is 14.2. The van der Waals surface area contributed by atoms with Crippen molar-refractivity contribution in [2.24, 2.45) is 5.92 Å². The lowest BCUT2D eigenvalue weighted by Gasteiger charge is -2.17. The highest BCUT2D eigenvalue weighted by Gasteiger charge is 2.25. The number of aryl methyl sites for hydroxylation is 1. The van der Waals surface area contributed by atoms with Crippen LogP contribution in [0.25, 0.3) is 15.9 Å². The second-order valence-electron chi connectivity index (χ2n) is 6.50. The van der Waals surface area contributed by atoms with Gasteiger partial charge in [0.05, 0.1) is 11.1 Å². The first-order valence-electron chi connectivity index (χ1n) is 8.55. The van der Waals surface area contributed by atoms with Gasteiger partial charge in [-0.25, -0.2) is 4.98 Å². The Bertz CT molecular complexity index is 988. The van der Waals surface area contributed by atoms with E-state index in [4.69, 9.17) is 4.98 Å². The van der Waals surface area contributed by atoms with Crippen molar-refractivity contribution in [1.29, 1.82) is 0 Å². The summed E-state index contributed by atoms with van der Waals surface area (Å²) in [5, 5.41) is 1.58. The Balaban J connectivity index is 1.99. The molecule has 0 saturated heterocycles. The molecule has 0 bridgehead atoms. The Morgan fingerprint density at radius 3 is 2.96 bits per heavy atom. The predicted molar refractivity (Wildman–Crippen MR) is 107 cm³/mol. The average molecular weight is 369 g/mol. The molecule has 0 spiro atoms. The van der Waals surface area contributed by atoms with Gasteiger partial charge in [0.2, 0.25) is 0 Å². The van der Waals surface area contributed by atoms with E-state index in [1.54, 1.807) is 27.7 Å². The molecule has 5 heteroatoms. The van der Waals surface area contributed by atoms with E-state index < -0.39 is 0 Å². The highest BCUT2D eigenvalue weighted by atomic mass is 32.2. The van der Waals surface area contributed by atoms with Gasteiger partial charge in [-0.1, -0.05) is 43.0 Å². The van der Waals surface area contributed by atoms with Crippen LogP contribution in [0.4, 0.5) is 0 Å². The van der Waals surface area contributed by atoms with E-state index in [-0.39, 0.29) is 5.56 Å². The van der Waals surface area contributed by atoms with Gasteiger partial charge in [0.15, 0.2) is 5.16 Å². The standard InChI is InChI=1S/C20H20N2OS2/c1-3-11-24-20-21-18-17(15-10-9-13(2)12-16(15)25-18)19(23)22(20)14-7-5-4-6-8-14/h3-8,13H,1,9-12H2,2H3/t13-/m1/s1. The SMILES string of the molecule is C=CCSc1nc2sc3c(c2c(=O)n1-c1ccccc1)CC[C@@H](C)C3. The van der Waals surface area contributed by atoms with Crippen molar-refractivity contribution in [3.05, 3.63) is 63.8 Å². The second-order valence-corrected chi connectivity index (χ2v) is 8.57. The number of benzene rings is 1. The number of hydrogen-bond acceptors (Lipinski definition) is 4. The number of hydrogen-bond donors (Lipinski definition) is 0. The number of nitrogens with zero attached hydrogens (tertiary/aromatic N) is 2. The van der Waals surface area contributed by atoms with E-state index in [0.717, 1.165) is 46.1 Å². The Morgan fingerprint density at radius 1 is 1.40 bits per heavy atom. The summed E-state index contributed by atoms with van der Waals surface area (Å²) < 4.78 is 1.77. The topological polar surface area (TPSA) is 34.9 Å². The summed E-state index contributed by atoms with van der Waals surface area (Å²) >= 11 is 3.26. The van der Waals surface area contributed by atoms with Crippen LogP contribution in [0, 0.1) is 5.92 Å². The summed E-state index contributed by atoms with van der Waals surface area (Å²) in [4.78, 5) is 20.5. The number of rotatable bonds is 4. The zero-order valence-corrected chi connectivity index (χ0v) is 15.8. The predicted octanol–water partition coefficient (Wildman–Crippen LogP) is 4.85. The molecule has 3 aromatic rings. The third kappa shape index (κ3) is 2.96. The molecule has 25 heavy (non-hydrogen) atoms. The maximum atomic E-state index is 13.4. The average Bonchev–Trinajstić information content (AvgIpc) is 2.98. The lowest BCUT2D eigenvalue weighted by Crippen LogP contribution is -2.22. The summed E-state index contributed by atoms with van der Waals surface area (Å²) in [5.41, 5.74) is 2.17. The first kappa shape index (κ1) is 16.6. The van der Waals surface area contributed by atoms with E-state index in [1.807, 2.05) is 36.4 Å². The normalized spacial score (nSPS) is 16.8. The van der Waals surface area contributed by atoms with Crippen LogP contribution in [-0.4, -0.2) is 15.3 Å². The molecule has 0 radical (unpaired) electrons. The molecule has 128 valence electrons. The maximum Gasteiger partial charge on any atom is 0.267 e. The first-order valence-corrected chi connectivity index (χ1v) is 10.4. The van der Waals surface area contributed by atoms with Crippen LogP contribution in [0.15, 0.2) is 52.9 Å². The van der Waals surface area contributed by atoms with Gasteiger partial charge in [0.1, 0.15) is 4.83 Å². The number of thioether (sulfide) groups is 1. The number of thiophene rings is 1. The molecule has 2 aromatic heterocycles. The van der Waals surface area contributed by atoms with Gasteiger partial charge in [-0.3, -0.25) is 9.36 Å². The van der Waals surface area contributed by atoms with Crippen molar-refractivity contribution in [1.82, 2.24) is 9.55 Å². The Morgan fingerprint density at radius 2 is 2.20 bits per heavy atom. The van der Waals surface area contributed by atoms with Crippen molar-refractivity contribution in [2.45, 2.75) is 31.3 Å². The summed E-state index contributed by atoms with van der Waals surface area (Å²) in [6.45, 7) is 6.08. The van der Waals surface area contributed by atoms with Gasteiger partial charge in [0, 0.05) is 10.6 Å². The minimum Gasteiger partial charge on any atom is -0.268 e. The third-order valence-electron chi connectivity index (χ3n) is 4.64. The fraction of sp³-hybridized carbons (Fsp3) is 0.300. The number of para-hydroxylation sites is 1. The van der Waals surface area contributed by atoms with E-state index in [1.165, 1.54) is 10.4 Å². The molecule has 0 amide bonds. The highest BCUT2D eigenvalue weighted by molar-refractivity contribution is 7.99. The monoisotopic (exact) mass is 368 g/mol. The molecule has 1 aliphatic carbocycles. The Hall–Kier alpha value is -1.85. The minimum atomic E-state index is 0.0646. The van der Waals surface area contributed by atoms with Crippen LogP contribution in [0.1, 0.15) is 23.8 Å². The van der Waals surface area contributed by atoms with Crippen LogP contribution in [-0.2, 0) is 12.8 Å². The van der Waals surface area contributed by atoms with E-state index in [2.05, 4.69) is 13.5 Å². The molecule has 3 nitrogen and oxygen atoms in total. The summed E-state index contributed by atoms with van der Waals surface area (Å²) in [5.74, 6) is 1.42. The summed E-state index contributed by atoms with van der Waals surface area (Å²) in [7, 11) is 0. The largest absolute Gasteiger partial charge is 0.268 e. The van der Waals surface area contributed by atoms with Gasteiger partial charge in [-0.2, -0.15) is 0 Å². The molecule has 2 heterocycles. The van der Waals surface area contributed by atoms with Crippen molar-refractivity contribution in [2.75, 3.05) is 5.75 Å². The first-order chi connectivity index (χ1) is 12.2. The zero-order chi connectivity index (χ0) is 17.4. The van der Waals surface area contributed by atoms with Crippen molar-refractivity contribution < 1.29 is 0 Å². The van der Waals surface area contributed by atoms with Gasteiger partial charge >= 0.3 is 0 Å². The molecule has 1 atom stereocenters. The van der Waals surface area contributed by atoms with Crippen LogP contribution in [0.3, 0.4) is 0 Å². The van der Waals surface area contributed by atoms with Crippen LogP contribution in [0.2, 0.25) is 0 Å². The molecule has 0 aliphatic heterocycles. The molecule has 0 saturated carbocycles. The molecule has 0 unspecified atom stereocenters. The smallest absolute Gasteiger partial charge is 0.267 e. The molecule has 1 aliphatic rings. The second kappa shape index (κ2) is 6.81. The molecule has 0 N–H and O–H groups in total. The highest BCUT2D eigenvalue weighted by Crippen LogP contribution is 2.36. The van der Waals surface area contributed by atoms with Gasteiger partial charge in [-0.05, 0) is 42.9 Å². The molecular weight excluding hydrogens is 348 g/mol. The Kier molecular flexibility index (Phi) is 4.52. The number of fused-ring (bicyclic) bond motifs is 3. The third-order valence-corrected chi connectivity index (χ3v) is 6.73. The molecule has 0 fully saturated rings. The van der Waals surface area contributed by atoms with Crippen LogP contribution >= 0.6 is 23.1 Å². The van der Waals surface area contributed by atoms with E-state index in [9.17, 15) is 4.79 Å². The molecule has 4 rings (SSSR count). The summed E-state index contributed by atoms with van der Waals surface area (Å²) in [6.07, 6.45) is 5.05. The fourth-order valence-corrected chi connectivity index (χ4v) is 5.58. The Labute approximate surface area is 155 Å². The fourth-order valence-electron chi connectivity index (χ4n) is 3.41. The van der Waals surface area contributed by atoms with E-state index in [0.29, 0.717) is 5.92 Å². The van der Waals surface area contributed by atoms with E-state index >= 15 is 0 Å². The van der Waals surface area contributed by atoms with Gasteiger partial charge in [-0.15, -0.1) is 17.9 Å². The summed E-state index contributed by atoms with van der Waals surface area (Å²) in [6, 6.07) is 9.81. The minimum absolute atomic E-state index is 0.0646. The van der Waals surface area contributed by atoms with Gasteiger partial charge in [0.25, 0.3) is 5.56 Å². The molecular formula is C20H20N2OS2. The molecule has 1 aromatic carbocycles.